The van der Waals surface area contributed by atoms with Crippen LogP contribution >= 0.6 is 27.5 Å². The van der Waals surface area contributed by atoms with E-state index in [0.29, 0.717) is 10.8 Å². The number of phenols is 1. The van der Waals surface area contributed by atoms with Crippen LogP contribution in [0.15, 0.2) is 40.9 Å². The molecule has 1 unspecified atom stereocenters. The number of fused-ring (bicyclic) bond motifs is 1. The zero-order valence-electron chi connectivity index (χ0n) is 10.9. The first-order valence-electron chi connectivity index (χ1n) is 6.67. The SMILES string of the molecule is Oc1ccc2c(c1)C(Nc1cc(Br)ccc1Cl)CCC2. The second kappa shape index (κ2) is 5.66. The topological polar surface area (TPSA) is 32.3 Å². The Labute approximate surface area is 131 Å². The third-order valence-electron chi connectivity index (χ3n) is 3.70. The minimum atomic E-state index is 0.192. The van der Waals surface area contributed by atoms with E-state index in [-0.39, 0.29) is 6.04 Å². The van der Waals surface area contributed by atoms with Crippen LogP contribution in [0.5, 0.6) is 5.75 Å². The van der Waals surface area contributed by atoms with Gasteiger partial charge in [0.1, 0.15) is 5.75 Å². The van der Waals surface area contributed by atoms with E-state index >= 15 is 0 Å². The summed E-state index contributed by atoms with van der Waals surface area (Å²) >= 11 is 9.71. The van der Waals surface area contributed by atoms with Crippen molar-refractivity contribution in [3.63, 3.8) is 0 Å². The zero-order valence-corrected chi connectivity index (χ0v) is 13.2. The normalized spacial score (nSPS) is 17.6. The summed E-state index contributed by atoms with van der Waals surface area (Å²) in [7, 11) is 0. The maximum Gasteiger partial charge on any atom is 0.115 e. The molecule has 4 heteroatoms. The van der Waals surface area contributed by atoms with Crippen LogP contribution in [0.25, 0.3) is 0 Å². The summed E-state index contributed by atoms with van der Waals surface area (Å²) < 4.78 is 0.997. The molecule has 0 saturated carbocycles. The maximum atomic E-state index is 9.71. The van der Waals surface area contributed by atoms with E-state index in [9.17, 15) is 5.11 Å². The van der Waals surface area contributed by atoms with Gasteiger partial charge in [-0.3, -0.25) is 0 Å². The van der Waals surface area contributed by atoms with Gasteiger partial charge in [0.25, 0.3) is 0 Å². The van der Waals surface area contributed by atoms with Gasteiger partial charge < -0.3 is 10.4 Å². The lowest BCUT2D eigenvalue weighted by Crippen LogP contribution is -2.17. The van der Waals surface area contributed by atoms with Crippen LogP contribution in [0, 0.1) is 0 Å². The largest absolute Gasteiger partial charge is 0.508 e. The van der Waals surface area contributed by atoms with Gasteiger partial charge in [0.05, 0.1) is 16.8 Å². The molecule has 0 heterocycles. The number of rotatable bonds is 2. The predicted octanol–water partition coefficient (Wildman–Crippen LogP) is 5.30. The average molecular weight is 353 g/mol. The molecule has 104 valence electrons. The quantitative estimate of drug-likeness (QED) is 0.769. The lowest BCUT2D eigenvalue weighted by atomic mass is 9.87. The average Bonchev–Trinajstić information content (AvgIpc) is 2.43. The van der Waals surface area contributed by atoms with Crippen molar-refractivity contribution < 1.29 is 5.11 Å². The highest BCUT2D eigenvalue weighted by Gasteiger charge is 2.21. The summed E-state index contributed by atoms with van der Waals surface area (Å²) in [6.07, 6.45) is 3.25. The predicted molar refractivity (Wildman–Crippen MR) is 86.6 cm³/mol. The smallest absolute Gasteiger partial charge is 0.115 e. The number of aromatic hydroxyl groups is 1. The van der Waals surface area contributed by atoms with E-state index in [1.807, 2.05) is 30.3 Å². The first kappa shape index (κ1) is 13.8. The summed E-state index contributed by atoms with van der Waals surface area (Å²) in [5.74, 6) is 0.317. The zero-order chi connectivity index (χ0) is 14.1. The monoisotopic (exact) mass is 351 g/mol. The van der Waals surface area contributed by atoms with E-state index in [1.54, 1.807) is 6.07 Å². The van der Waals surface area contributed by atoms with Gasteiger partial charge in [-0.05, 0) is 60.7 Å². The van der Waals surface area contributed by atoms with Gasteiger partial charge in [-0.25, -0.2) is 0 Å². The Kier molecular flexibility index (Phi) is 3.90. The highest BCUT2D eigenvalue weighted by Crippen LogP contribution is 2.36. The lowest BCUT2D eigenvalue weighted by Gasteiger charge is -2.28. The summed E-state index contributed by atoms with van der Waals surface area (Å²) in [6.45, 7) is 0. The van der Waals surface area contributed by atoms with Gasteiger partial charge in [-0.1, -0.05) is 33.6 Å². The van der Waals surface area contributed by atoms with Gasteiger partial charge in [0, 0.05) is 4.47 Å². The molecule has 2 N–H and O–H groups in total. The highest BCUT2D eigenvalue weighted by atomic mass is 79.9. The Hall–Kier alpha value is -1.19. The van der Waals surface area contributed by atoms with Crippen molar-refractivity contribution in [2.24, 2.45) is 0 Å². The third-order valence-corrected chi connectivity index (χ3v) is 4.52. The second-order valence-corrected chi connectivity index (χ2v) is 6.42. The maximum absolute atomic E-state index is 9.71. The van der Waals surface area contributed by atoms with Crippen LogP contribution in [-0.4, -0.2) is 5.11 Å². The molecule has 2 aromatic carbocycles. The van der Waals surface area contributed by atoms with Crippen molar-refractivity contribution >= 4 is 33.2 Å². The van der Waals surface area contributed by atoms with Crippen molar-refractivity contribution in [3.8, 4) is 5.75 Å². The standard InChI is InChI=1S/C16H15BrClNO/c17-11-5-7-14(18)16(8-11)19-15-3-1-2-10-4-6-12(20)9-13(10)15/h4-9,15,19-20H,1-3H2. The van der Waals surface area contributed by atoms with Gasteiger partial charge in [0.15, 0.2) is 0 Å². The molecule has 3 rings (SSSR count). The summed E-state index contributed by atoms with van der Waals surface area (Å²) in [5, 5.41) is 13.9. The van der Waals surface area contributed by atoms with E-state index < -0.39 is 0 Å². The molecule has 2 nitrogen and oxygen atoms in total. The molecule has 0 spiro atoms. The van der Waals surface area contributed by atoms with Crippen molar-refractivity contribution in [3.05, 3.63) is 57.0 Å². The van der Waals surface area contributed by atoms with Crippen LogP contribution in [0.2, 0.25) is 5.02 Å². The van der Waals surface area contributed by atoms with Crippen LogP contribution in [0.1, 0.15) is 30.0 Å². The van der Waals surface area contributed by atoms with Crippen molar-refractivity contribution in [2.45, 2.75) is 25.3 Å². The number of anilines is 1. The van der Waals surface area contributed by atoms with Crippen molar-refractivity contribution in [1.82, 2.24) is 0 Å². The molecule has 1 aliphatic carbocycles. The van der Waals surface area contributed by atoms with E-state index in [0.717, 1.165) is 29.4 Å². The van der Waals surface area contributed by atoms with Crippen LogP contribution < -0.4 is 5.32 Å². The van der Waals surface area contributed by atoms with Gasteiger partial charge in [-0.2, -0.15) is 0 Å². The van der Waals surface area contributed by atoms with Gasteiger partial charge >= 0.3 is 0 Å². The van der Waals surface area contributed by atoms with Gasteiger partial charge in [0.2, 0.25) is 0 Å². The molecule has 0 saturated heterocycles. The molecule has 0 aromatic heterocycles. The van der Waals surface area contributed by atoms with Crippen molar-refractivity contribution in [1.29, 1.82) is 0 Å². The molecule has 0 bridgehead atoms. The molecule has 1 atom stereocenters. The van der Waals surface area contributed by atoms with E-state index in [2.05, 4.69) is 21.2 Å². The summed E-state index contributed by atoms with van der Waals surface area (Å²) in [4.78, 5) is 0. The number of phenolic OH excluding ortho intramolecular Hbond substituents is 1. The Morgan fingerprint density at radius 1 is 1.20 bits per heavy atom. The molecular formula is C16H15BrClNO. The second-order valence-electron chi connectivity index (χ2n) is 5.10. The fraction of sp³-hybridized carbons (Fsp3) is 0.250. The number of benzene rings is 2. The molecule has 0 fully saturated rings. The summed E-state index contributed by atoms with van der Waals surface area (Å²) in [5.41, 5.74) is 3.40. The number of hydrogen-bond acceptors (Lipinski definition) is 2. The number of halogens is 2. The van der Waals surface area contributed by atoms with Crippen LogP contribution in [-0.2, 0) is 6.42 Å². The molecule has 1 aliphatic rings. The Morgan fingerprint density at radius 3 is 2.90 bits per heavy atom. The number of nitrogens with one attached hydrogen (secondary N) is 1. The molecular weight excluding hydrogens is 338 g/mol. The number of aryl methyl sites for hydroxylation is 1. The van der Waals surface area contributed by atoms with E-state index in [1.165, 1.54) is 11.1 Å². The fourth-order valence-electron chi connectivity index (χ4n) is 2.73. The van der Waals surface area contributed by atoms with Crippen LogP contribution in [0.4, 0.5) is 5.69 Å². The van der Waals surface area contributed by atoms with Crippen LogP contribution in [0.3, 0.4) is 0 Å². The molecule has 0 aliphatic heterocycles. The minimum absolute atomic E-state index is 0.192. The molecule has 0 amide bonds. The molecule has 2 aromatic rings. The highest BCUT2D eigenvalue weighted by molar-refractivity contribution is 9.10. The first-order valence-corrected chi connectivity index (χ1v) is 7.84. The Bertz CT molecular complexity index is 644. The molecule has 0 radical (unpaired) electrons. The third kappa shape index (κ3) is 2.79. The van der Waals surface area contributed by atoms with E-state index in [4.69, 9.17) is 11.6 Å². The molecule has 20 heavy (non-hydrogen) atoms. The Balaban J connectivity index is 1.93. The fourth-order valence-corrected chi connectivity index (χ4v) is 3.27. The first-order chi connectivity index (χ1) is 9.63. The Morgan fingerprint density at radius 2 is 2.05 bits per heavy atom. The minimum Gasteiger partial charge on any atom is -0.508 e. The van der Waals surface area contributed by atoms with Gasteiger partial charge in [-0.15, -0.1) is 0 Å². The number of hydrogen-bond donors (Lipinski definition) is 2. The summed E-state index contributed by atoms with van der Waals surface area (Å²) in [6, 6.07) is 11.6. The lowest BCUT2D eigenvalue weighted by molar-refractivity contribution is 0.471. The van der Waals surface area contributed by atoms with Crippen molar-refractivity contribution in [2.75, 3.05) is 5.32 Å².